The van der Waals surface area contributed by atoms with Gasteiger partial charge in [0.25, 0.3) is 0 Å². The van der Waals surface area contributed by atoms with Crippen LogP contribution in [0.15, 0.2) is 48.6 Å². The second kappa shape index (κ2) is 14.6. The summed E-state index contributed by atoms with van der Waals surface area (Å²) in [7, 11) is 0. The molecule has 0 radical (unpaired) electrons. The van der Waals surface area contributed by atoms with E-state index in [1.807, 2.05) is 36.4 Å². The van der Waals surface area contributed by atoms with E-state index in [-0.39, 0.29) is 24.8 Å². The fourth-order valence-electron chi connectivity index (χ4n) is 1.05. The number of hydrogen-bond donors (Lipinski definition) is 0. The van der Waals surface area contributed by atoms with E-state index in [1.54, 1.807) is 24.2 Å². The molecular formula is C16H22Cl2Zr-2. The number of rotatable bonds is 0. The van der Waals surface area contributed by atoms with E-state index in [4.69, 9.17) is 0 Å². The molecule has 19 heavy (non-hydrogen) atoms. The molecule has 106 valence electrons. The topological polar surface area (TPSA) is 0 Å². The molecule has 3 heteroatoms. The van der Waals surface area contributed by atoms with Gasteiger partial charge in [0.15, 0.2) is 0 Å². The molecule has 0 N–H and O–H groups in total. The Kier molecular flexibility index (Phi) is 18.6. The van der Waals surface area contributed by atoms with Crippen molar-refractivity contribution in [2.45, 2.75) is 34.1 Å². The average Bonchev–Trinajstić information content (AvgIpc) is 2.73. The Balaban J connectivity index is -0.000000206. The Hall–Kier alpha value is 0.163. The van der Waals surface area contributed by atoms with Crippen LogP contribution in [-0.2, 0) is 24.2 Å². The Bertz CT molecular complexity index is 328. The van der Waals surface area contributed by atoms with Gasteiger partial charge >= 0.3 is 41.3 Å². The van der Waals surface area contributed by atoms with E-state index >= 15 is 0 Å². The van der Waals surface area contributed by atoms with Gasteiger partial charge in [-0.1, -0.05) is 25.7 Å². The number of halogens is 2. The minimum absolute atomic E-state index is 0. The maximum absolute atomic E-state index is 3.03. The number of hydrogen-bond acceptors (Lipinski definition) is 0. The molecule has 0 heterocycles. The van der Waals surface area contributed by atoms with Crippen molar-refractivity contribution in [1.82, 2.24) is 0 Å². The standard InChI is InChI=1S/C8H11.C5H5.C3H6.2ClH.Zr/c1-8(2)6-4-3-5-7-8;1-2-4-5-3-1;1-3-2;;;/h4-6H,7H2,1-2H3;1-5H;1-2H3;2*1H;/q2*-1;;;;+2/p-2. The molecule has 1 aromatic rings. The van der Waals surface area contributed by atoms with Crippen LogP contribution < -0.4 is 24.8 Å². The second-order valence-electron chi connectivity index (χ2n) is 4.86. The molecule has 1 aromatic carbocycles. The van der Waals surface area contributed by atoms with Gasteiger partial charge < -0.3 is 24.8 Å². The maximum Gasteiger partial charge on any atom is -0.172 e. The van der Waals surface area contributed by atoms with Crippen LogP contribution in [-0.4, -0.2) is 3.21 Å². The van der Waals surface area contributed by atoms with E-state index in [9.17, 15) is 0 Å². The third-order valence-corrected chi connectivity index (χ3v) is 1.93. The quantitative estimate of drug-likeness (QED) is 0.483. The van der Waals surface area contributed by atoms with Gasteiger partial charge in [-0.05, 0) is 0 Å². The van der Waals surface area contributed by atoms with Crippen molar-refractivity contribution in [2.24, 2.45) is 5.41 Å². The smallest absolute Gasteiger partial charge is 0.172 e. The maximum atomic E-state index is 3.03. The third kappa shape index (κ3) is 20.6. The van der Waals surface area contributed by atoms with Gasteiger partial charge in [0.05, 0.1) is 0 Å². The van der Waals surface area contributed by atoms with Gasteiger partial charge in [-0.2, -0.15) is 24.3 Å². The molecule has 0 amide bonds. The van der Waals surface area contributed by atoms with Crippen LogP contribution in [0.1, 0.15) is 34.1 Å². The third-order valence-electron chi connectivity index (χ3n) is 1.93. The second-order valence-corrected chi connectivity index (χ2v) is 7.32. The normalized spacial score (nSPS) is 13.6. The zero-order chi connectivity index (χ0) is 13.1. The molecule has 0 aromatic heterocycles. The number of allylic oxidation sites excluding steroid dienone is 4. The van der Waals surface area contributed by atoms with Crippen molar-refractivity contribution in [3.05, 3.63) is 54.6 Å². The summed E-state index contributed by atoms with van der Waals surface area (Å²) < 4.78 is 1.51. The largest absolute Gasteiger partial charge is 1.00 e. The van der Waals surface area contributed by atoms with Gasteiger partial charge in [0.1, 0.15) is 0 Å². The summed E-state index contributed by atoms with van der Waals surface area (Å²) in [5.41, 5.74) is 0.380. The van der Waals surface area contributed by atoms with Crippen molar-refractivity contribution in [3.63, 3.8) is 0 Å². The summed E-state index contributed by atoms with van der Waals surface area (Å²) >= 11 is 1.55. The van der Waals surface area contributed by atoms with E-state index in [0.29, 0.717) is 5.41 Å². The van der Waals surface area contributed by atoms with Gasteiger partial charge in [-0.3, -0.25) is 6.08 Å². The summed E-state index contributed by atoms with van der Waals surface area (Å²) in [5.74, 6) is 0. The summed E-state index contributed by atoms with van der Waals surface area (Å²) in [5, 5.41) is 0. The zero-order valence-electron chi connectivity index (χ0n) is 12.1. The van der Waals surface area contributed by atoms with Gasteiger partial charge in [-0.25, -0.2) is 24.3 Å². The SMILES string of the molecule is CC1(C)C=C[C-]=CC1.C[C](C)=[Zr+2].[Cl-].[Cl-].c1cc[cH-]c1. The Morgan fingerprint density at radius 3 is 1.79 bits per heavy atom. The first-order chi connectivity index (χ1) is 7.94. The van der Waals surface area contributed by atoms with Crippen molar-refractivity contribution in [3.8, 4) is 0 Å². The van der Waals surface area contributed by atoms with E-state index in [1.165, 1.54) is 3.21 Å². The Labute approximate surface area is 145 Å². The molecule has 0 aliphatic heterocycles. The van der Waals surface area contributed by atoms with Gasteiger partial charge in [0, 0.05) is 0 Å². The van der Waals surface area contributed by atoms with E-state index in [2.05, 4.69) is 45.9 Å². The summed E-state index contributed by atoms with van der Waals surface area (Å²) in [6, 6.07) is 10.0. The molecule has 0 saturated carbocycles. The summed E-state index contributed by atoms with van der Waals surface area (Å²) in [6.45, 7) is 8.69. The molecule has 0 saturated heterocycles. The molecule has 0 spiro atoms. The molecule has 0 fully saturated rings. The first-order valence-electron chi connectivity index (χ1n) is 5.88. The van der Waals surface area contributed by atoms with Crippen LogP contribution in [0.3, 0.4) is 0 Å². The fraction of sp³-hybridized carbons (Fsp3) is 0.375. The summed E-state index contributed by atoms with van der Waals surface area (Å²) in [6.07, 6.45) is 10.4. The zero-order valence-corrected chi connectivity index (χ0v) is 16.1. The predicted molar refractivity (Wildman–Crippen MR) is 73.7 cm³/mol. The molecule has 1 aliphatic carbocycles. The average molecular weight is 376 g/mol. The van der Waals surface area contributed by atoms with Gasteiger partial charge in [0.2, 0.25) is 0 Å². The van der Waals surface area contributed by atoms with Crippen LogP contribution in [0.4, 0.5) is 0 Å². The monoisotopic (exact) mass is 374 g/mol. The molecule has 1 aliphatic rings. The fourth-order valence-corrected chi connectivity index (χ4v) is 1.05. The predicted octanol–water partition coefficient (Wildman–Crippen LogP) is -1.51. The van der Waals surface area contributed by atoms with Crippen LogP contribution in [0.2, 0.25) is 0 Å². The van der Waals surface area contributed by atoms with E-state index in [0.717, 1.165) is 6.42 Å². The first kappa shape index (κ1) is 24.2. The van der Waals surface area contributed by atoms with Crippen molar-refractivity contribution in [2.75, 3.05) is 0 Å². The van der Waals surface area contributed by atoms with Crippen LogP contribution in [0.25, 0.3) is 0 Å². The van der Waals surface area contributed by atoms with Gasteiger partial charge in [-0.15, -0.1) is 0 Å². The summed E-state index contributed by atoms with van der Waals surface area (Å²) in [4.78, 5) is 0. The minimum Gasteiger partial charge on any atom is -1.00 e. The molecule has 0 unspecified atom stereocenters. The van der Waals surface area contributed by atoms with E-state index < -0.39 is 0 Å². The first-order valence-corrected chi connectivity index (χ1v) is 7.11. The van der Waals surface area contributed by atoms with Crippen LogP contribution in [0.5, 0.6) is 0 Å². The molecular weight excluding hydrogens is 354 g/mol. The molecule has 0 bridgehead atoms. The van der Waals surface area contributed by atoms with Crippen LogP contribution >= 0.6 is 0 Å². The molecule has 0 nitrogen and oxygen atoms in total. The Morgan fingerprint density at radius 1 is 1.16 bits per heavy atom. The minimum atomic E-state index is 0. The van der Waals surface area contributed by atoms with Crippen molar-refractivity contribution < 1.29 is 49.0 Å². The molecule has 0 atom stereocenters. The van der Waals surface area contributed by atoms with Crippen LogP contribution in [0, 0.1) is 11.5 Å². The molecule has 2 rings (SSSR count). The Morgan fingerprint density at radius 2 is 1.63 bits per heavy atom. The van der Waals surface area contributed by atoms with Crippen molar-refractivity contribution >= 4 is 3.21 Å². The van der Waals surface area contributed by atoms with Crippen molar-refractivity contribution in [1.29, 1.82) is 0 Å².